The van der Waals surface area contributed by atoms with Gasteiger partial charge in [0.25, 0.3) is 10.0 Å². The Bertz CT molecular complexity index is 441. The molecule has 0 saturated heterocycles. The van der Waals surface area contributed by atoms with E-state index < -0.39 is 10.0 Å². The number of nitrogens with zero attached hydrogens (tertiary/aromatic N) is 1. The summed E-state index contributed by atoms with van der Waals surface area (Å²) in [4.78, 5) is 0. The molecule has 0 aliphatic rings. The summed E-state index contributed by atoms with van der Waals surface area (Å²) >= 11 is 6.88. The first-order valence-electron chi connectivity index (χ1n) is 5.04. The fourth-order valence-corrected chi connectivity index (χ4v) is 4.27. The van der Waals surface area contributed by atoms with Crippen LogP contribution in [-0.2, 0) is 15.9 Å². The van der Waals surface area contributed by atoms with Crippen LogP contribution in [0, 0.1) is 0 Å². The van der Waals surface area contributed by atoms with Gasteiger partial charge in [-0.05, 0) is 30.4 Å². The number of thiophene rings is 1. The SMILES string of the molecule is CCC(C)N(C)S(=O)(=O)c1cc(CCl)cs1. The lowest BCUT2D eigenvalue weighted by Gasteiger charge is -2.22. The normalized spacial score (nSPS) is 14.3. The van der Waals surface area contributed by atoms with E-state index in [0.29, 0.717) is 10.1 Å². The van der Waals surface area contributed by atoms with Crippen molar-refractivity contribution in [2.24, 2.45) is 0 Å². The van der Waals surface area contributed by atoms with Crippen LogP contribution >= 0.6 is 22.9 Å². The highest BCUT2D eigenvalue weighted by Gasteiger charge is 2.25. The van der Waals surface area contributed by atoms with Gasteiger partial charge < -0.3 is 0 Å². The van der Waals surface area contributed by atoms with Gasteiger partial charge in [-0.1, -0.05) is 6.92 Å². The molecule has 92 valence electrons. The summed E-state index contributed by atoms with van der Waals surface area (Å²) in [7, 11) is -1.73. The van der Waals surface area contributed by atoms with E-state index in [9.17, 15) is 8.42 Å². The van der Waals surface area contributed by atoms with Gasteiger partial charge in [-0.2, -0.15) is 4.31 Å². The molecule has 6 heteroatoms. The predicted octanol–water partition coefficient (Wildman–Crippen LogP) is 2.91. The summed E-state index contributed by atoms with van der Waals surface area (Å²) in [5.41, 5.74) is 0.850. The van der Waals surface area contributed by atoms with Crippen LogP contribution in [0.25, 0.3) is 0 Å². The molecule has 1 atom stereocenters. The molecule has 1 heterocycles. The highest BCUT2D eigenvalue weighted by molar-refractivity contribution is 7.91. The highest BCUT2D eigenvalue weighted by Crippen LogP contribution is 2.25. The molecule has 0 fully saturated rings. The Hall–Kier alpha value is -0.100. The van der Waals surface area contributed by atoms with Crippen LogP contribution < -0.4 is 0 Å². The second-order valence-electron chi connectivity index (χ2n) is 3.69. The first-order chi connectivity index (χ1) is 7.43. The number of alkyl halides is 1. The van der Waals surface area contributed by atoms with E-state index in [1.807, 2.05) is 13.8 Å². The van der Waals surface area contributed by atoms with E-state index >= 15 is 0 Å². The second kappa shape index (κ2) is 5.49. The van der Waals surface area contributed by atoms with Crippen molar-refractivity contribution >= 4 is 33.0 Å². The molecule has 0 bridgehead atoms. The molecule has 0 N–H and O–H groups in total. The van der Waals surface area contributed by atoms with E-state index in [4.69, 9.17) is 11.6 Å². The van der Waals surface area contributed by atoms with E-state index in [0.717, 1.165) is 12.0 Å². The van der Waals surface area contributed by atoms with Crippen molar-refractivity contribution in [3.05, 3.63) is 17.0 Å². The van der Waals surface area contributed by atoms with Gasteiger partial charge in [0.15, 0.2) is 0 Å². The number of hydrogen-bond acceptors (Lipinski definition) is 3. The van der Waals surface area contributed by atoms with Gasteiger partial charge in [0.1, 0.15) is 4.21 Å². The largest absolute Gasteiger partial charge is 0.252 e. The van der Waals surface area contributed by atoms with Crippen LogP contribution in [0.3, 0.4) is 0 Å². The summed E-state index contributed by atoms with van der Waals surface area (Å²) < 4.78 is 26.1. The zero-order valence-electron chi connectivity index (χ0n) is 9.60. The predicted molar refractivity (Wildman–Crippen MR) is 68.6 cm³/mol. The summed E-state index contributed by atoms with van der Waals surface area (Å²) in [6.07, 6.45) is 0.795. The Labute approximate surface area is 106 Å². The minimum atomic E-state index is -3.35. The van der Waals surface area contributed by atoms with Crippen molar-refractivity contribution in [1.29, 1.82) is 0 Å². The molecule has 16 heavy (non-hydrogen) atoms. The molecule has 0 aliphatic carbocycles. The fraction of sp³-hybridized carbons (Fsp3) is 0.600. The van der Waals surface area contributed by atoms with E-state index in [2.05, 4.69) is 0 Å². The molecular formula is C10H16ClNO2S2. The molecule has 1 unspecified atom stereocenters. The molecule has 0 aliphatic heterocycles. The van der Waals surface area contributed by atoms with Crippen molar-refractivity contribution < 1.29 is 8.42 Å². The Morgan fingerprint density at radius 3 is 2.62 bits per heavy atom. The average Bonchev–Trinajstić information content (AvgIpc) is 2.75. The number of sulfonamides is 1. The van der Waals surface area contributed by atoms with Crippen molar-refractivity contribution in [1.82, 2.24) is 4.31 Å². The average molecular weight is 282 g/mol. The van der Waals surface area contributed by atoms with Gasteiger partial charge in [-0.3, -0.25) is 0 Å². The standard InChI is InChI=1S/C10H16ClNO2S2/c1-4-8(2)12(3)16(13,14)10-5-9(6-11)7-15-10/h5,7-8H,4,6H2,1-3H3. The maximum Gasteiger partial charge on any atom is 0.252 e. The van der Waals surface area contributed by atoms with Crippen LogP contribution in [0.5, 0.6) is 0 Å². The first-order valence-corrected chi connectivity index (χ1v) is 7.90. The van der Waals surface area contributed by atoms with Crippen LogP contribution in [0.1, 0.15) is 25.8 Å². The maximum atomic E-state index is 12.2. The molecule has 0 spiro atoms. The van der Waals surface area contributed by atoms with Gasteiger partial charge >= 0.3 is 0 Å². The number of halogens is 1. The number of hydrogen-bond donors (Lipinski definition) is 0. The lowest BCUT2D eigenvalue weighted by atomic mass is 10.3. The molecule has 0 radical (unpaired) electrons. The van der Waals surface area contributed by atoms with Crippen LogP contribution in [0.4, 0.5) is 0 Å². The van der Waals surface area contributed by atoms with Crippen molar-refractivity contribution in [3.63, 3.8) is 0 Å². The van der Waals surface area contributed by atoms with Gasteiger partial charge in [0.05, 0.1) is 0 Å². The molecule has 1 aromatic rings. The highest BCUT2D eigenvalue weighted by atomic mass is 35.5. The van der Waals surface area contributed by atoms with E-state index in [-0.39, 0.29) is 6.04 Å². The third-order valence-electron chi connectivity index (χ3n) is 2.63. The Balaban J connectivity index is 3.01. The molecule has 0 amide bonds. The van der Waals surface area contributed by atoms with Crippen molar-refractivity contribution in [2.45, 2.75) is 36.4 Å². The van der Waals surface area contributed by atoms with Gasteiger partial charge in [-0.15, -0.1) is 22.9 Å². The van der Waals surface area contributed by atoms with E-state index in [1.165, 1.54) is 15.6 Å². The number of rotatable bonds is 5. The summed E-state index contributed by atoms with van der Waals surface area (Å²) in [6, 6.07) is 1.65. The Kier molecular flexibility index (Phi) is 4.79. The summed E-state index contributed by atoms with van der Waals surface area (Å²) in [6.45, 7) is 3.86. The monoisotopic (exact) mass is 281 g/mol. The molecule has 3 nitrogen and oxygen atoms in total. The van der Waals surface area contributed by atoms with Gasteiger partial charge in [0.2, 0.25) is 0 Å². The second-order valence-corrected chi connectivity index (χ2v) is 7.09. The smallest absolute Gasteiger partial charge is 0.206 e. The van der Waals surface area contributed by atoms with Gasteiger partial charge in [0, 0.05) is 19.0 Å². The van der Waals surface area contributed by atoms with Crippen LogP contribution in [0.2, 0.25) is 0 Å². The maximum absolute atomic E-state index is 12.2. The Morgan fingerprint density at radius 1 is 1.56 bits per heavy atom. The molecule has 1 aromatic heterocycles. The third kappa shape index (κ3) is 2.77. The van der Waals surface area contributed by atoms with Crippen LogP contribution in [-0.4, -0.2) is 25.8 Å². The van der Waals surface area contributed by atoms with Crippen molar-refractivity contribution in [3.8, 4) is 0 Å². The van der Waals surface area contributed by atoms with Gasteiger partial charge in [-0.25, -0.2) is 8.42 Å². The molecule has 0 saturated carbocycles. The zero-order chi connectivity index (χ0) is 12.3. The lowest BCUT2D eigenvalue weighted by Crippen LogP contribution is -2.34. The first kappa shape index (κ1) is 14.0. The minimum absolute atomic E-state index is 0.00607. The van der Waals surface area contributed by atoms with E-state index in [1.54, 1.807) is 18.5 Å². The summed E-state index contributed by atoms with van der Waals surface area (Å²) in [5, 5.41) is 1.78. The molecule has 1 rings (SSSR count). The lowest BCUT2D eigenvalue weighted by molar-refractivity contribution is 0.381. The minimum Gasteiger partial charge on any atom is -0.206 e. The topological polar surface area (TPSA) is 37.4 Å². The Morgan fingerprint density at radius 2 is 2.19 bits per heavy atom. The molecule has 0 aromatic carbocycles. The zero-order valence-corrected chi connectivity index (χ0v) is 12.0. The van der Waals surface area contributed by atoms with Crippen LogP contribution in [0.15, 0.2) is 15.7 Å². The molecular weight excluding hydrogens is 266 g/mol. The quantitative estimate of drug-likeness (QED) is 0.778. The van der Waals surface area contributed by atoms with Crippen molar-refractivity contribution in [2.75, 3.05) is 7.05 Å². The summed E-state index contributed by atoms with van der Waals surface area (Å²) in [5.74, 6) is 0.346. The third-order valence-corrected chi connectivity index (χ3v) is 6.37. The fourth-order valence-electron chi connectivity index (χ4n) is 1.19.